The first-order chi connectivity index (χ1) is 7.51. The maximum atomic E-state index is 12.6. The average molecular weight is 247 g/mol. The second-order valence-corrected chi connectivity index (χ2v) is 4.77. The van der Waals surface area contributed by atoms with Crippen molar-refractivity contribution in [3.63, 3.8) is 0 Å². The summed E-state index contributed by atoms with van der Waals surface area (Å²) >= 11 is 0. The van der Waals surface area contributed by atoms with Gasteiger partial charge >= 0.3 is 6.18 Å². The van der Waals surface area contributed by atoms with Gasteiger partial charge in [0.1, 0.15) is 0 Å². The first-order valence-electron chi connectivity index (χ1n) is 4.89. The fourth-order valence-electron chi connectivity index (χ4n) is 1.31. The Morgan fingerprint density at radius 3 is 1.88 bits per heavy atom. The zero-order valence-corrected chi connectivity index (χ0v) is 9.63. The standard InChI is InChI=1S/C11H12F3NO2/c1-10(2,3)7-4-8(11(12,13)14)6-9(5-7)15(16)17/h4-6H,1-3H3. The summed E-state index contributed by atoms with van der Waals surface area (Å²) in [5.41, 5.74) is -1.81. The molecule has 0 radical (unpaired) electrons. The van der Waals surface area contributed by atoms with Crippen molar-refractivity contribution in [1.82, 2.24) is 0 Å². The van der Waals surface area contributed by atoms with Crippen LogP contribution in [0.4, 0.5) is 18.9 Å². The molecule has 0 saturated carbocycles. The molecule has 0 amide bonds. The van der Waals surface area contributed by atoms with E-state index in [-0.39, 0.29) is 0 Å². The molecule has 0 fully saturated rings. The van der Waals surface area contributed by atoms with Crippen molar-refractivity contribution in [2.24, 2.45) is 0 Å². The van der Waals surface area contributed by atoms with Gasteiger partial charge in [-0.15, -0.1) is 0 Å². The van der Waals surface area contributed by atoms with Gasteiger partial charge in [0.05, 0.1) is 10.5 Å². The van der Waals surface area contributed by atoms with E-state index in [9.17, 15) is 23.3 Å². The number of benzene rings is 1. The molecule has 0 aromatic heterocycles. The van der Waals surface area contributed by atoms with Gasteiger partial charge in [0.25, 0.3) is 5.69 Å². The van der Waals surface area contributed by atoms with Gasteiger partial charge in [-0.05, 0) is 17.0 Å². The molecule has 0 atom stereocenters. The van der Waals surface area contributed by atoms with E-state index < -0.39 is 27.8 Å². The molecule has 0 saturated heterocycles. The smallest absolute Gasteiger partial charge is 0.258 e. The van der Waals surface area contributed by atoms with Crippen molar-refractivity contribution in [3.8, 4) is 0 Å². The van der Waals surface area contributed by atoms with E-state index in [0.717, 1.165) is 6.07 Å². The van der Waals surface area contributed by atoms with Crippen LogP contribution in [-0.4, -0.2) is 4.92 Å². The van der Waals surface area contributed by atoms with Crippen LogP contribution >= 0.6 is 0 Å². The van der Waals surface area contributed by atoms with Gasteiger partial charge in [0.15, 0.2) is 0 Å². The van der Waals surface area contributed by atoms with Crippen LogP contribution in [-0.2, 0) is 11.6 Å². The third-order valence-electron chi connectivity index (χ3n) is 2.32. The Hall–Kier alpha value is -1.59. The molecule has 0 unspecified atom stereocenters. The Balaban J connectivity index is 3.45. The highest BCUT2D eigenvalue weighted by atomic mass is 19.4. The van der Waals surface area contributed by atoms with Gasteiger partial charge in [-0.3, -0.25) is 10.1 Å². The van der Waals surface area contributed by atoms with Crippen molar-refractivity contribution in [2.45, 2.75) is 32.4 Å². The molecular weight excluding hydrogens is 235 g/mol. The summed E-state index contributed by atoms with van der Waals surface area (Å²) in [6, 6.07) is 2.68. The molecule has 6 heteroatoms. The predicted molar refractivity (Wildman–Crippen MR) is 56.8 cm³/mol. The zero-order chi connectivity index (χ0) is 13.4. The van der Waals surface area contributed by atoms with E-state index in [2.05, 4.69) is 0 Å². The van der Waals surface area contributed by atoms with E-state index in [0.29, 0.717) is 11.6 Å². The van der Waals surface area contributed by atoms with Crippen LogP contribution in [0, 0.1) is 10.1 Å². The average Bonchev–Trinajstić information content (AvgIpc) is 2.14. The van der Waals surface area contributed by atoms with Crippen LogP contribution in [0.1, 0.15) is 31.9 Å². The second kappa shape index (κ2) is 4.01. The Morgan fingerprint density at radius 2 is 1.53 bits per heavy atom. The summed E-state index contributed by atoms with van der Waals surface area (Å²) in [5.74, 6) is 0. The van der Waals surface area contributed by atoms with Crippen molar-refractivity contribution < 1.29 is 18.1 Å². The van der Waals surface area contributed by atoms with E-state index in [4.69, 9.17) is 0 Å². The van der Waals surface area contributed by atoms with Crippen molar-refractivity contribution >= 4 is 5.69 Å². The number of hydrogen-bond donors (Lipinski definition) is 0. The molecule has 0 heterocycles. The fraction of sp³-hybridized carbons (Fsp3) is 0.455. The highest BCUT2D eigenvalue weighted by Gasteiger charge is 2.33. The first kappa shape index (κ1) is 13.5. The molecule has 0 aliphatic rings. The summed E-state index contributed by atoms with van der Waals surface area (Å²) in [7, 11) is 0. The normalized spacial score (nSPS) is 12.6. The summed E-state index contributed by atoms with van der Waals surface area (Å²) < 4.78 is 37.7. The lowest BCUT2D eigenvalue weighted by Gasteiger charge is -2.20. The Kier molecular flexibility index (Phi) is 3.18. The van der Waals surface area contributed by atoms with Gasteiger partial charge in [-0.25, -0.2) is 0 Å². The largest absolute Gasteiger partial charge is 0.416 e. The summed E-state index contributed by atoms with van der Waals surface area (Å²) in [6.45, 7) is 5.10. The van der Waals surface area contributed by atoms with Gasteiger partial charge in [-0.2, -0.15) is 13.2 Å². The van der Waals surface area contributed by atoms with Crippen LogP contribution in [0.5, 0.6) is 0 Å². The molecule has 1 rings (SSSR count). The molecule has 0 aliphatic heterocycles. The van der Waals surface area contributed by atoms with Crippen molar-refractivity contribution in [3.05, 3.63) is 39.4 Å². The molecule has 0 aliphatic carbocycles. The first-order valence-corrected chi connectivity index (χ1v) is 4.89. The Bertz CT molecular complexity index is 415. The fourth-order valence-corrected chi connectivity index (χ4v) is 1.31. The number of hydrogen-bond acceptors (Lipinski definition) is 2. The highest BCUT2D eigenvalue weighted by Crippen LogP contribution is 2.35. The lowest BCUT2D eigenvalue weighted by Crippen LogP contribution is -2.14. The minimum atomic E-state index is -4.58. The highest BCUT2D eigenvalue weighted by molar-refractivity contribution is 5.43. The molecule has 0 bridgehead atoms. The number of rotatable bonds is 1. The summed E-state index contributed by atoms with van der Waals surface area (Å²) in [6.07, 6.45) is -4.58. The van der Waals surface area contributed by atoms with Gasteiger partial charge in [0.2, 0.25) is 0 Å². The Labute approximate surface area is 96.4 Å². The van der Waals surface area contributed by atoms with Gasteiger partial charge < -0.3 is 0 Å². The molecule has 17 heavy (non-hydrogen) atoms. The van der Waals surface area contributed by atoms with Crippen LogP contribution in [0.25, 0.3) is 0 Å². The molecule has 3 nitrogen and oxygen atoms in total. The minimum absolute atomic E-state index is 0.291. The number of nitrogens with zero attached hydrogens (tertiary/aromatic N) is 1. The topological polar surface area (TPSA) is 43.1 Å². The molecular formula is C11H12F3NO2. The molecule has 0 spiro atoms. The second-order valence-electron chi connectivity index (χ2n) is 4.77. The Morgan fingerprint density at radius 1 is 1.06 bits per heavy atom. The van der Waals surface area contributed by atoms with Crippen LogP contribution < -0.4 is 0 Å². The maximum absolute atomic E-state index is 12.6. The van der Waals surface area contributed by atoms with Crippen LogP contribution in [0.3, 0.4) is 0 Å². The number of halogens is 3. The molecule has 94 valence electrons. The van der Waals surface area contributed by atoms with E-state index in [1.807, 2.05) is 0 Å². The lowest BCUT2D eigenvalue weighted by molar-refractivity contribution is -0.385. The number of non-ortho nitro benzene ring substituents is 1. The lowest BCUT2D eigenvalue weighted by atomic mass is 9.86. The monoisotopic (exact) mass is 247 g/mol. The van der Waals surface area contributed by atoms with Gasteiger partial charge in [0, 0.05) is 12.1 Å². The van der Waals surface area contributed by atoms with E-state index in [1.54, 1.807) is 20.8 Å². The minimum Gasteiger partial charge on any atom is -0.258 e. The molecule has 1 aromatic carbocycles. The maximum Gasteiger partial charge on any atom is 0.416 e. The zero-order valence-electron chi connectivity index (χ0n) is 9.63. The molecule has 0 N–H and O–H groups in total. The van der Waals surface area contributed by atoms with Crippen LogP contribution in [0.15, 0.2) is 18.2 Å². The van der Waals surface area contributed by atoms with Crippen molar-refractivity contribution in [1.29, 1.82) is 0 Å². The SMILES string of the molecule is CC(C)(C)c1cc([N+](=O)[O-])cc(C(F)(F)F)c1. The number of nitro benzene ring substituents is 1. The summed E-state index contributed by atoms with van der Waals surface area (Å²) in [4.78, 5) is 9.78. The van der Waals surface area contributed by atoms with Crippen LogP contribution in [0.2, 0.25) is 0 Å². The number of alkyl halides is 3. The van der Waals surface area contributed by atoms with E-state index in [1.165, 1.54) is 6.07 Å². The third kappa shape index (κ3) is 3.18. The molecule has 1 aromatic rings. The van der Waals surface area contributed by atoms with Gasteiger partial charge in [-0.1, -0.05) is 20.8 Å². The third-order valence-corrected chi connectivity index (χ3v) is 2.32. The van der Waals surface area contributed by atoms with E-state index >= 15 is 0 Å². The number of nitro groups is 1. The summed E-state index contributed by atoms with van der Waals surface area (Å²) in [5, 5.41) is 10.6. The van der Waals surface area contributed by atoms with Crippen molar-refractivity contribution in [2.75, 3.05) is 0 Å². The predicted octanol–water partition coefficient (Wildman–Crippen LogP) is 3.91. The quantitative estimate of drug-likeness (QED) is 0.557.